The van der Waals surface area contributed by atoms with E-state index in [2.05, 4.69) is 6.07 Å². The van der Waals surface area contributed by atoms with Gasteiger partial charge in [0.25, 0.3) is 0 Å². The minimum atomic E-state index is -0.915. The van der Waals surface area contributed by atoms with Gasteiger partial charge < -0.3 is 19.3 Å². The summed E-state index contributed by atoms with van der Waals surface area (Å²) >= 11 is 0. The lowest BCUT2D eigenvalue weighted by Gasteiger charge is -2.33. The van der Waals surface area contributed by atoms with Crippen LogP contribution in [0, 0.1) is 16.7 Å². The second-order valence-corrected chi connectivity index (χ2v) is 5.73. The van der Waals surface area contributed by atoms with Gasteiger partial charge in [0.05, 0.1) is 32.5 Å². The quantitative estimate of drug-likeness (QED) is 0.920. The number of nitrogens with zero attached hydrogens (tertiary/aromatic N) is 1. The summed E-state index contributed by atoms with van der Waals surface area (Å²) in [5.74, 6) is 1.20. The van der Waals surface area contributed by atoms with Gasteiger partial charge in [-0.2, -0.15) is 5.26 Å². The van der Waals surface area contributed by atoms with Crippen LogP contribution in [0.3, 0.4) is 0 Å². The van der Waals surface area contributed by atoms with Gasteiger partial charge in [0.1, 0.15) is 23.0 Å². The first-order chi connectivity index (χ1) is 10.1. The first-order valence-corrected chi connectivity index (χ1v) is 7.10. The van der Waals surface area contributed by atoms with E-state index in [1.54, 1.807) is 32.4 Å². The highest BCUT2D eigenvalue weighted by Gasteiger charge is 2.57. The van der Waals surface area contributed by atoms with Crippen LogP contribution in [-0.2, 0) is 4.74 Å². The van der Waals surface area contributed by atoms with Gasteiger partial charge in [-0.3, -0.25) is 0 Å². The molecule has 2 heterocycles. The van der Waals surface area contributed by atoms with Gasteiger partial charge in [-0.25, -0.2) is 0 Å². The Kier molecular flexibility index (Phi) is 3.52. The highest BCUT2D eigenvalue weighted by Crippen LogP contribution is 2.54. The van der Waals surface area contributed by atoms with Gasteiger partial charge in [-0.05, 0) is 37.0 Å². The second kappa shape index (κ2) is 5.21. The Balaban J connectivity index is 1.98. The van der Waals surface area contributed by atoms with Crippen molar-refractivity contribution in [3.8, 4) is 17.6 Å². The van der Waals surface area contributed by atoms with Gasteiger partial charge in [-0.15, -0.1) is 0 Å². The number of aliphatic hydroxyl groups excluding tert-OH is 1. The smallest absolute Gasteiger partial charge is 0.122 e. The Morgan fingerprint density at radius 1 is 1.29 bits per heavy atom. The minimum Gasteiger partial charge on any atom is -0.497 e. The van der Waals surface area contributed by atoms with Crippen LogP contribution in [0.4, 0.5) is 0 Å². The predicted octanol–water partition coefficient (Wildman–Crippen LogP) is 2.20. The predicted molar refractivity (Wildman–Crippen MR) is 75.1 cm³/mol. The molecule has 0 amide bonds. The second-order valence-electron chi connectivity index (χ2n) is 5.73. The molecule has 0 saturated carbocycles. The van der Waals surface area contributed by atoms with E-state index in [1.165, 1.54) is 0 Å². The molecule has 0 aliphatic carbocycles. The molecule has 2 saturated heterocycles. The topological polar surface area (TPSA) is 71.7 Å². The average molecular weight is 289 g/mol. The van der Waals surface area contributed by atoms with E-state index in [-0.39, 0.29) is 12.2 Å². The number of aliphatic hydroxyl groups is 1. The van der Waals surface area contributed by atoms with Gasteiger partial charge in [0, 0.05) is 6.07 Å². The molecular weight excluding hydrogens is 270 g/mol. The number of fused-ring (bicyclic) bond motifs is 2. The first kappa shape index (κ1) is 14.2. The summed E-state index contributed by atoms with van der Waals surface area (Å²) < 4.78 is 16.3. The van der Waals surface area contributed by atoms with Gasteiger partial charge >= 0.3 is 0 Å². The van der Waals surface area contributed by atoms with Crippen molar-refractivity contribution in [1.29, 1.82) is 5.26 Å². The Bertz CT molecular complexity index is 560. The molecule has 3 rings (SSSR count). The largest absolute Gasteiger partial charge is 0.497 e. The lowest BCUT2D eigenvalue weighted by molar-refractivity contribution is 0.00323. The fourth-order valence-electron chi connectivity index (χ4n) is 3.49. The number of hydrogen-bond acceptors (Lipinski definition) is 5. The van der Waals surface area contributed by atoms with Crippen LogP contribution in [0.2, 0.25) is 0 Å². The zero-order chi connectivity index (χ0) is 15.0. The number of rotatable bonds is 4. The summed E-state index contributed by atoms with van der Waals surface area (Å²) in [6.45, 7) is 0. The molecular formula is C16H19NO4. The van der Waals surface area contributed by atoms with Crippen LogP contribution in [0.25, 0.3) is 0 Å². The summed E-state index contributed by atoms with van der Waals surface area (Å²) in [5, 5.41) is 20.5. The van der Waals surface area contributed by atoms with E-state index in [1.807, 2.05) is 0 Å². The van der Waals surface area contributed by atoms with Crippen LogP contribution in [0.5, 0.6) is 11.5 Å². The Hall–Kier alpha value is -1.77. The van der Waals surface area contributed by atoms with Crippen molar-refractivity contribution in [1.82, 2.24) is 0 Å². The van der Waals surface area contributed by atoms with Crippen molar-refractivity contribution in [2.45, 2.75) is 37.6 Å². The maximum absolute atomic E-state index is 10.8. The number of hydrogen-bond donors (Lipinski definition) is 1. The third-order valence-electron chi connectivity index (χ3n) is 4.63. The normalized spacial score (nSPS) is 31.7. The fraction of sp³-hybridized carbons (Fsp3) is 0.562. The van der Waals surface area contributed by atoms with Gasteiger partial charge in [0.2, 0.25) is 0 Å². The maximum Gasteiger partial charge on any atom is 0.122 e. The van der Waals surface area contributed by atoms with E-state index >= 15 is 0 Å². The standard InChI is InChI=1S/C16H19NO4/c1-19-12-5-10(6-13(7-12)20-2)15(18)16(9-17)8-11-3-4-14(16)21-11/h5-7,11,14-15,18H,3-4,8H2,1-2H3. The number of benzene rings is 1. The van der Waals surface area contributed by atoms with Crippen LogP contribution in [0.1, 0.15) is 30.9 Å². The summed E-state index contributed by atoms with van der Waals surface area (Å²) in [4.78, 5) is 0. The molecule has 1 aromatic rings. The van der Waals surface area contributed by atoms with Crippen LogP contribution < -0.4 is 9.47 Å². The molecule has 4 atom stereocenters. The zero-order valence-electron chi connectivity index (χ0n) is 12.2. The van der Waals surface area contributed by atoms with E-state index in [0.717, 1.165) is 12.8 Å². The highest BCUT2D eigenvalue weighted by atomic mass is 16.5. The molecule has 112 valence electrons. The van der Waals surface area contributed by atoms with Crippen molar-refractivity contribution in [3.63, 3.8) is 0 Å². The lowest BCUT2D eigenvalue weighted by atomic mass is 9.69. The fourth-order valence-corrected chi connectivity index (χ4v) is 3.49. The number of methoxy groups -OCH3 is 2. The molecule has 5 nitrogen and oxygen atoms in total. The average Bonchev–Trinajstić information content (AvgIpc) is 3.14. The summed E-state index contributed by atoms with van der Waals surface area (Å²) in [7, 11) is 3.12. The van der Waals surface area contributed by atoms with Crippen LogP contribution >= 0.6 is 0 Å². The van der Waals surface area contributed by atoms with Crippen LogP contribution in [0.15, 0.2) is 18.2 Å². The maximum atomic E-state index is 10.8. The van der Waals surface area contributed by atoms with Crippen molar-refractivity contribution >= 4 is 0 Å². The van der Waals surface area contributed by atoms with Gasteiger partial charge in [-0.1, -0.05) is 0 Å². The SMILES string of the molecule is COc1cc(OC)cc(C(O)C2(C#N)CC3CCC2O3)c1. The highest BCUT2D eigenvalue weighted by molar-refractivity contribution is 5.41. The first-order valence-electron chi connectivity index (χ1n) is 7.10. The van der Waals surface area contributed by atoms with Crippen molar-refractivity contribution in [3.05, 3.63) is 23.8 Å². The molecule has 2 aliphatic heterocycles. The third-order valence-corrected chi connectivity index (χ3v) is 4.63. The van der Waals surface area contributed by atoms with E-state index in [0.29, 0.717) is 23.5 Å². The molecule has 4 unspecified atom stereocenters. The lowest BCUT2D eigenvalue weighted by Crippen LogP contribution is -2.37. The number of nitriles is 1. The number of ether oxygens (including phenoxy) is 3. The summed E-state index contributed by atoms with van der Waals surface area (Å²) in [6, 6.07) is 7.56. The van der Waals surface area contributed by atoms with Crippen molar-refractivity contribution in [2.24, 2.45) is 5.41 Å². The molecule has 0 spiro atoms. The molecule has 1 aromatic carbocycles. The Morgan fingerprint density at radius 3 is 2.38 bits per heavy atom. The minimum absolute atomic E-state index is 0.0943. The monoisotopic (exact) mass is 289 g/mol. The zero-order valence-corrected chi connectivity index (χ0v) is 12.2. The molecule has 0 radical (unpaired) electrons. The Morgan fingerprint density at radius 2 is 1.95 bits per heavy atom. The summed E-state index contributed by atoms with van der Waals surface area (Å²) in [6.07, 6.45) is 1.37. The molecule has 2 bridgehead atoms. The van der Waals surface area contributed by atoms with E-state index in [9.17, 15) is 10.4 Å². The molecule has 5 heteroatoms. The molecule has 1 N–H and O–H groups in total. The van der Waals surface area contributed by atoms with E-state index in [4.69, 9.17) is 14.2 Å². The molecule has 21 heavy (non-hydrogen) atoms. The van der Waals surface area contributed by atoms with Gasteiger partial charge in [0.15, 0.2) is 0 Å². The molecule has 0 aromatic heterocycles. The van der Waals surface area contributed by atoms with Crippen molar-refractivity contribution in [2.75, 3.05) is 14.2 Å². The van der Waals surface area contributed by atoms with E-state index < -0.39 is 11.5 Å². The molecule has 2 fully saturated rings. The summed E-state index contributed by atoms with van der Waals surface area (Å²) in [5.41, 5.74) is -0.246. The molecule has 2 aliphatic rings. The Labute approximate surface area is 124 Å². The van der Waals surface area contributed by atoms with Crippen LogP contribution in [-0.4, -0.2) is 31.5 Å². The van der Waals surface area contributed by atoms with Crippen molar-refractivity contribution < 1.29 is 19.3 Å². The third kappa shape index (κ3) is 2.15.